The molecule has 0 bridgehead atoms. The summed E-state index contributed by atoms with van der Waals surface area (Å²) in [6.45, 7) is 8.91. The molecule has 0 aliphatic carbocycles. The van der Waals surface area contributed by atoms with E-state index in [2.05, 4.69) is 55.7 Å². The maximum Gasteiger partial charge on any atom is 0.0982 e. The molecular weight excluding hydrogens is 280 g/mol. The number of ether oxygens (including phenoxy) is 1. The second kappa shape index (κ2) is 7.16. The third-order valence-electron chi connectivity index (χ3n) is 3.13. The molecule has 0 radical (unpaired) electrons. The quantitative estimate of drug-likeness (QED) is 0.879. The van der Waals surface area contributed by atoms with Crippen molar-refractivity contribution in [2.24, 2.45) is 0 Å². The van der Waals surface area contributed by atoms with E-state index in [0.29, 0.717) is 6.61 Å². The first kappa shape index (κ1) is 16.1. The SMILES string of the molecule is COCc1cccc(CNCc2csc(C(C)(C)C)n2)c1. The van der Waals surface area contributed by atoms with Crippen molar-refractivity contribution in [1.82, 2.24) is 10.3 Å². The third kappa shape index (κ3) is 4.92. The number of benzene rings is 1. The number of hydrogen-bond acceptors (Lipinski definition) is 4. The zero-order chi connectivity index (χ0) is 15.3. The number of hydrogen-bond donors (Lipinski definition) is 1. The van der Waals surface area contributed by atoms with E-state index in [0.717, 1.165) is 18.8 Å². The van der Waals surface area contributed by atoms with E-state index in [1.807, 2.05) is 0 Å². The van der Waals surface area contributed by atoms with Gasteiger partial charge in [-0.1, -0.05) is 45.0 Å². The van der Waals surface area contributed by atoms with Gasteiger partial charge in [-0.2, -0.15) is 0 Å². The summed E-state index contributed by atoms with van der Waals surface area (Å²) >= 11 is 1.74. The van der Waals surface area contributed by atoms with Gasteiger partial charge in [0.2, 0.25) is 0 Å². The monoisotopic (exact) mass is 304 g/mol. The Morgan fingerprint density at radius 1 is 1.19 bits per heavy atom. The second-order valence-electron chi connectivity index (χ2n) is 6.25. The van der Waals surface area contributed by atoms with Gasteiger partial charge in [0.25, 0.3) is 0 Å². The summed E-state index contributed by atoms with van der Waals surface area (Å²) in [4.78, 5) is 4.70. The fourth-order valence-electron chi connectivity index (χ4n) is 2.06. The molecule has 0 amide bonds. The molecule has 21 heavy (non-hydrogen) atoms. The fraction of sp³-hybridized carbons (Fsp3) is 0.471. The van der Waals surface area contributed by atoms with Crippen molar-refractivity contribution < 1.29 is 4.74 Å². The van der Waals surface area contributed by atoms with Crippen LogP contribution in [0.1, 0.15) is 42.6 Å². The van der Waals surface area contributed by atoms with Crippen molar-refractivity contribution in [2.45, 2.75) is 45.9 Å². The summed E-state index contributed by atoms with van der Waals surface area (Å²) in [6, 6.07) is 8.47. The van der Waals surface area contributed by atoms with Gasteiger partial charge in [0.05, 0.1) is 17.3 Å². The number of thiazole rings is 1. The topological polar surface area (TPSA) is 34.1 Å². The Labute approximate surface area is 131 Å². The molecule has 1 aromatic heterocycles. The van der Waals surface area contributed by atoms with Gasteiger partial charge in [-0.15, -0.1) is 11.3 Å². The maximum atomic E-state index is 5.16. The molecule has 1 N–H and O–H groups in total. The predicted molar refractivity (Wildman–Crippen MR) is 88.5 cm³/mol. The molecule has 0 spiro atoms. The molecule has 2 aromatic rings. The Morgan fingerprint density at radius 2 is 1.95 bits per heavy atom. The zero-order valence-corrected chi connectivity index (χ0v) is 14.1. The van der Waals surface area contributed by atoms with Crippen LogP contribution in [-0.4, -0.2) is 12.1 Å². The minimum Gasteiger partial charge on any atom is -0.380 e. The molecule has 0 aliphatic heterocycles. The molecule has 1 aromatic carbocycles. The van der Waals surface area contributed by atoms with Crippen molar-refractivity contribution in [3.8, 4) is 0 Å². The average Bonchev–Trinajstić information content (AvgIpc) is 2.88. The zero-order valence-electron chi connectivity index (χ0n) is 13.3. The van der Waals surface area contributed by atoms with Gasteiger partial charge in [-0.05, 0) is 11.1 Å². The third-order valence-corrected chi connectivity index (χ3v) is 4.45. The summed E-state index contributed by atoms with van der Waals surface area (Å²) in [7, 11) is 1.72. The molecule has 0 saturated heterocycles. The van der Waals surface area contributed by atoms with E-state index < -0.39 is 0 Å². The van der Waals surface area contributed by atoms with Crippen LogP contribution in [0.15, 0.2) is 29.6 Å². The number of methoxy groups -OCH3 is 1. The summed E-state index contributed by atoms with van der Waals surface area (Å²) < 4.78 is 5.16. The highest BCUT2D eigenvalue weighted by atomic mass is 32.1. The lowest BCUT2D eigenvalue weighted by molar-refractivity contribution is 0.185. The lowest BCUT2D eigenvalue weighted by Gasteiger charge is -2.13. The van der Waals surface area contributed by atoms with Gasteiger partial charge in [-0.25, -0.2) is 4.98 Å². The smallest absolute Gasteiger partial charge is 0.0982 e. The maximum absolute atomic E-state index is 5.16. The minimum absolute atomic E-state index is 0.136. The highest BCUT2D eigenvalue weighted by molar-refractivity contribution is 7.09. The highest BCUT2D eigenvalue weighted by Crippen LogP contribution is 2.25. The Morgan fingerprint density at radius 3 is 2.62 bits per heavy atom. The Balaban J connectivity index is 1.87. The van der Waals surface area contributed by atoms with Crippen LogP contribution in [0.3, 0.4) is 0 Å². The van der Waals surface area contributed by atoms with Crippen molar-refractivity contribution in [1.29, 1.82) is 0 Å². The number of nitrogens with zero attached hydrogens (tertiary/aromatic N) is 1. The van der Waals surface area contributed by atoms with Crippen molar-refractivity contribution >= 4 is 11.3 Å². The van der Waals surface area contributed by atoms with Gasteiger partial charge in [0.1, 0.15) is 0 Å². The largest absolute Gasteiger partial charge is 0.380 e. The minimum atomic E-state index is 0.136. The van der Waals surface area contributed by atoms with E-state index in [4.69, 9.17) is 9.72 Å². The molecule has 0 atom stereocenters. The van der Waals surface area contributed by atoms with E-state index >= 15 is 0 Å². The van der Waals surface area contributed by atoms with E-state index in [1.54, 1.807) is 18.4 Å². The fourth-order valence-corrected chi connectivity index (χ4v) is 2.97. The van der Waals surface area contributed by atoms with Crippen molar-refractivity contribution in [3.05, 3.63) is 51.5 Å². The van der Waals surface area contributed by atoms with Crippen LogP contribution in [0.5, 0.6) is 0 Å². The number of nitrogens with one attached hydrogen (secondary N) is 1. The summed E-state index contributed by atoms with van der Waals surface area (Å²) in [5.41, 5.74) is 3.74. The Hall–Kier alpha value is -1.23. The van der Waals surface area contributed by atoms with Gasteiger partial charge in [0.15, 0.2) is 0 Å². The molecule has 2 rings (SSSR count). The van der Waals surface area contributed by atoms with E-state index in [-0.39, 0.29) is 5.41 Å². The van der Waals surface area contributed by atoms with Crippen LogP contribution in [0.2, 0.25) is 0 Å². The molecule has 1 heterocycles. The van der Waals surface area contributed by atoms with Gasteiger partial charge in [-0.3, -0.25) is 0 Å². The lowest BCUT2D eigenvalue weighted by Crippen LogP contribution is -2.14. The Bertz CT molecular complexity index is 572. The molecule has 0 fully saturated rings. The van der Waals surface area contributed by atoms with Crippen LogP contribution in [0, 0.1) is 0 Å². The molecule has 114 valence electrons. The lowest BCUT2D eigenvalue weighted by atomic mass is 9.98. The van der Waals surface area contributed by atoms with Crippen LogP contribution in [0.4, 0.5) is 0 Å². The van der Waals surface area contributed by atoms with Gasteiger partial charge < -0.3 is 10.1 Å². The molecule has 0 unspecified atom stereocenters. The predicted octanol–water partition coefficient (Wildman–Crippen LogP) is 3.88. The molecular formula is C17H24N2OS. The van der Waals surface area contributed by atoms with Gasteiger partial charge >= 0.3 is 0 Å². The molecule has 4 heteroatoms. The first-order valence-electron chi connectivity index (χ1n) is 7.21. The molecule has 0 saturated carbocycles. The summed E-state index contributed by atoms with van der Waals surface area (Å²) in [5, 5.41) is 6.80. The van der Waals surface area contributed by atoms with E-state index in [9.17, 15) is 0 Å². The van der Waals surface area contributed by atoms with E-state index in [1.165, 1.54) is 16.1 Å². The standard InChI is InChI=1S/C17H24N2OS/c1-17(2,3)16-19-15(12-21-16)10-18-9-13-6-5-7-14(8-13)11-20-4/h5-8,12,18H,9-11H2,1-4H3. The second-order valence-corrected chi connectivity index (χ2v) is 7.11. The van der Waals surface area contributed by atoms with Crippen LogP contribution >= 0.6 is 11.3 Å². The van der Waals surface area contributed by atoms with Crippen molar-refractivity contribution in [3.63, 3.8) is 0 Å². The highest BCUT2D eigenvalue weighted by Gasteiger charge is 2.17. The van der Waals surface area contributed by atoms with Gasteiger partial charge in [0, 0.05) is 31.0 Å². The summed E-state index contributed by atoms with van der Waals surface area (Å²) in [5.74, 6) is 0. The Kier molecular flexibility index (Phi) is 5.51. The summed E-state index contributed by atoms with van der Waals surface area (Å²) in [6.07, 6.45) is 0. The van der Waals surface area contributed by atoms with Crippen LogP contribution < -0.4 is 5.32 Å². The average molecular weight is 304 g/mol. The molecule has 3 nitrogen and oxygen atoms in total. The first-order chi connectivity index (χ1) is 9.99. The van der Waals surface area contributed by atoms with Crippen LogP contribution in [0.25, 0.3) is 0 Å². The number of rotatable bonds is 6. The first-order valence-corrected chi connectivity index (χ1v) is 8.09. The normalized spacial score (nSPS) is 11.8. The van der Waals surface area contributed by atoms with Crippen molar-refractivity contribution in [2.75, 3.05) is 7.11 Å². The van der Waals surface area contributed by atoms with Crippen LogP contribution in [-0.2, 0) is 29.8 Å². The molecule has 0 aliphatic rings. The number of aromatic nitrogens is 1.